The number of ether oxygens (including phenoxy) is 1. The molecule has 5 N–H and O–H groups in total. The second kappa shape index (κ2) is 10.5. The van der Waals surface area contributed by atoms with Crippen LogP contribution in [0.2, 0.25) is 0 Å². The number of aryl methyl sites for hydroxylation is 1. The van der Waals surface area contributed by atoms with Crippen LogP contribution in [0.25, 0.3) is 0 Å². The molecule has 0 fully saturated rings. The topological polar surface area (TPSA) is 154 Å². The van der Waals surface area contributed by atoms with Crippen molar-refractivity contribution in [2.75, 3.05) is 5.32 Å². The van der Waals surface area contributed by atoms with Crippen LogP contribution in [0.15, 0.2) is 62.4 Å². The number of nitrogens with zero attached hydrogens (tertiary/aromatic N) is 5. The van der Waals surface area contributed by atoms with E-state index in [1.165, 1.54) is 16.7 Å². The minimum Gasteiger partial charge on any atom is -0.488 e. The van der Waals surface area contributed by atoms with Crippen LogP contribution >= 0.6 is 0 Å². The van der Waals surface area contributed by atoms with Crippen molar-refractivity contribution in [3.8, 4) is 5.75 Å². The predicted octanol–water partition coefficient (Wildman–Crippen LogP) is 0.915. The van der Waals surface area contributed by atoms with Gasteiger partial charge in [0, 0.05) is 17.0 Å². The number of anilines is 2. The molecule has 0 aliphatic carbocycles. The standard InChI is InChI=1S/C22H25FN8O3/c1-13(2)34-18-9-8-16(10-17(18)23)26-20-27-21(32)31(12-19(24)28-29-25)22(33)30(20)11-15-6-4-14(3)5-7-15/h4-10,13H,11-12H2,1-3H3,(H3,24,25,28)(H,26,27,32)/p+1. The van der Waals surface area contributed by atoms with Gasteiger partial charge in [-0.05, 0) is 38.5 Å². The monoisotopic (exact) mass is 469 g/mol. The van der Waals surface area contributed by atoms with Gasteiger partial charge >= 0.3 is 17.2 Å². The normalized spacial score (nSPS) is 11.2. The molecule has 0 saturated carbocycles. The summed E-state index contributed by atoms with van der Waals surface area (Å²) in [5.74, 6) is 4.25. The number of nitrogens with two attached hydrogens (primary N) is 2. The van der Waals surface area contributed by atoms with E-state index in [1.807, 2.05) is 31.2 Å². The van der Waals surface area contributed by atoms with Crippen molar-refractivity contribution in [3.63, 3.8) is 0 Å². The quantitative estimate of drug-likeness (QED) is 0.146. The molecular formula is C22H26FN8O3+. The molecular weight excluding hydrogens is 443 g/mol. The Morgan fingerprint density at radius 3 is 2.53 bits per heavy atom. The number of amidine groups is 1. The Morgan fingerprint density at radius 1 is 1.21 bits per heavy atom. The number of aromatic nitrogens is 3. The number of nitrogens with one attached hydrogen (secondary N) is 1. The molecule has 0 spiro atoms. The summed E-state index contributed by atoms with van der Waals surface area (Å²) in [6, 6.07) is 11.7. The second-order valence-electron chi connectivity index (χ2n) is 7.80. The van der Waals surface area contributed by atoms with Gasteiger partial charge in [-0.2, -0.15) is 4.98 Å². The minimum atomic E-state index is -0.872. The Kier molecular flexibility index (Phi) is 7.51. The van der Waals surface area contributed by atoms with E-state index in [1.54, 1.807) is 19.9 Å². The van der Waals surface area contributed by atoms with E-state index in [-0.39, 0.29) is 42.4 Å². The Bertz CT molecular complexity index is 1330. The van der Waals surface area contributed by atoms with Crippen LogP contribution < -0.4 is 32.7 Å². The van der Waals surface area contributed by atoms with Gasteiger partial charge in [-0.3, -0.25) is 15.8 Å². The van der Waals surface area contributed by atoms with Crippen molar-refractivity contribution >= 4 is 17.5 Å². The lowest BCUT2D eigenvalue weighted by atomic mass is 10.1. The molecule has 0 bridgehead atoms. The fourth-order valence-corrected chi connectivity index (χ4v) is 3.10. The van der Waals surface area contributed by atoms with E-state index in [9.17, 15) is 14.0 Å². The van der Waals surface area contributed by atoms with E-state index in [4.69, 9.17) is 16.0 Å². The summed E-state index contributed by atoms with van der Waals surface area (Å²) >= 11 is 0. The third-order valence-corrected chi connectivity index (χ3v) is 4.67. The average Bonchev–Trinajstić information content (AvgIpc) is 2.77. The number of rotatable bonds is 8. The number of benzene rings is 2. The zero-order chi connectivity index (χ0) is 24.8. The smallest absolute Gasteiger partial charge is 0.355 e. The fraction of sp³-hybridized carbons (Fsp3) is 0.273. The number of halogens is 1. The summed E-state index contributed by atoms with van der Waals surface area (Å²) in [5, 5.41) is 15.0. The first-order chi connectivity index (χ1) is 16.2. The molecule has 3 rings (SSSR count). The predicted molar refractivity (Wildman–Crippen MR) is 124 cm³/mol. The van der Waals surface area contributed by atoms with Crippen LogP contribution in [0.5, 0.6) is 5.75 Å². The first-order valence-electron chi connectivity index (χ1n) is 10.4. The molecule has 1 heterocycles. The second-order valence-corrected chi connectivity index (χ2v) is 7.80. The Labute approximate surface area is 194 Å². The molecule has 0 aliphatic rings. The van der Waals surface area contributed by atoms with Crippen LogP contribution in [-0.4, -0.2) is 26.1 Å². The van der Waals surface area contributed by atoms with Crippen LogP contribution in [0.3, 0.4) is 0 Å². The summed E-state index contributed by atoms with van der Waals surface area (Å²) in [5.41, 5.74) is 0.541. The van der Waals surface area contributed by atoms with Crippen molar-refractivity contribution in [1.29, 1.82) is 0 Å². The van der Waals surface area contributed by atoms with E-state index < -0.39 is 17.2 Å². The van der Waals surface area contributed by atoms with Gasteiger partial charge in [0.15, 0.2) is 11.6 Å². The maximum absolute atomic E-state index is 14.5. The highest BCUT2D eigenvalue weighted by molar-refractivity contribution is 5.75. The van der Waals surface area contributed by atoms with Gasteiger partial charge in [0.2, 0.25) is 5.95 Å². The molecule has 0 aliphatic heterocycles. The highest BCUT2D eigenvalue weighted by atomic mass is 19.1. The summed E-state index contributed by atoms with van der Waals surface area (Å²) in [6.45, 7) is 5.25. The van der Waals surface area contributed by atoms with Crippen LogP contribution in [-0.2, 0) is 13.1 Å². The molecule has 11 nitrogen and oxygen atoms in total. The summed E-state index contributed by atoms with van der Waals surface area (Å²) < 4.78 is 21.9. The van der Waals surface area contributed by atoms with Crippen LogP contribution in [0.1, 0.15) is 25.0 Å². The van der Waals surface area contributed by atoms with Gasteiger partial charge in [0.25, 0.3) is 0 Å². The molecule has 12 heteroatoms. The lowest BCUT2D eigenvalue weighted by molar-refractivity contribution is -0.119. The maximum atomic E-state index is 14.5. The molecule has 0 atom stereocenters. The van der Waals surface area contributed by atoms with Crippen LogP contribution in [0, 0.1) is 12.7 Å². The van der Waals surface area contributed by atoms with Crippen molar-refractivity contribution in [1.82, 2.24) is 14.1 Å². The van der Waals surface area contributed by atoms with E-state index in [2.05, 4.69) is 20.6 Å². The molecule has 0 saturated heterocycles. The van der Waals surface area contributed by atoms with Gasteiger partial charge < -0.3 is 10.1 Å². The Morgan fingerprint density at radius 2 is 1.91 bits per heavy atom. The molecule has 2 aromatic carbocycles. The van der Waals surface area contributed by atoms with Gasteiger partial charge in [0.1, 0.15) is 6.54 Å². The average molecular weight is 470 g/mol. The molecule has 0 unspecified atom stereocenters. The summed E-state index contributed by atoms with van der Waals surface area (Å²) in [6.07, 6.45) is -0.203. The zero-order valence-corrected chi connectivity index (χ0v) is 19.0. The minimum absolute atomic E-state index is 0.0669. The van der Waals surface area contributed by atoms with Crippen molar-refractivity contribution < 1.29 is 14.5 Å². The molecule has 0 radical (unpaired) electrons. The van der Waals surface area contributed by atoms with Gasteiger partial charge in [-0.15, -0.1) is 0 Å². The number of hydrogen-bond donors (Lipinski definition) is 3. The van der Waals surface area contributed by atoms with Crippen molar-refractivity contribution in [3.05, 3.63) is 80.4 Å². The third-order valence-electron chi connectivity index (χ3n) is 4.67. The fourth-order valence-electron chi connectivity index (χ4n) is 3.10. The molecule has 34 heavy (non-hydrogen) atoms. The lowest BCUT2D eigenvalue weighted by Gasteiger charge is -2.16. The highest BCUT2D eigenvalue weighted by Crippen LogP contribution is 2.24. The summed E-state index contributed by atoms with van der Waals surface area (Å²) in [7, 11) is 0. The zero-order valence-electron chi connectivity index (χ0n) is 19.0. The highest BCUT2D eigenvalue weighted by Gasteiger charge is 2.18. The van der Waals surface area contributed by atoms with E-state index >= 15 is 0 Å². The van der Waals surface area contributed by atoms with E-state index in [0.717, 1.165) is 15.7 Å². The van der Waals surface area contributed by atoms with Gasteiger partial charge in [0.05, 0.1) is 17.8 Å². The molecule has 3 aromatic rings. The molecule has 178 valence electrons. The first-order valence-corrected chi connectivity index (χ1v) is 10.4. The van der Waals surface area contributed by atoms with Gasteiger partial charge in [-0.1, -0.05) is 29.8 Å². The number of hydrogen-bond acceptors (Lipinski definition) is 6. The SMILES string of the molecule is Cc1ccc(Cn2c(Nc3ccc(OC(C)C)c(F)c3)nc(=O)n(CC(=[NH2+])N=NN)c2=O)cc1. The maximum Gasteiger partial charge on any atom is 0.355 e. The van der Waals surface area contributed by atoms with E-state index in [0.29, 0.717) is 0 Å². The Hall–Kier alpha value is -4.35. The lowest BCUT2D eigenvalue weighted by Crippen LogP contribution is -2.49. The van der Waals surface area contributed by atoms with Crippen molar-refractivity contribution in [2.45, 2.75) is 40.0 Å². The van der Waals surface area contributed by atoms with Gasteiger partial charge in [-0.25, -0.2) is 18.5 Å². The van der Waals surface area contributed by atoms with Crippen molar-refractivity contribution in [2.24, 2.45) is 16.2 Å². The Balaban J connectivity index is 2.05. The summed E-state index contributed by atoms with van der Waals surface area (Å²) in [4.78, 5) is 29.8. The molecule has 0 amide bonds. The first kappa shape index (κ1) is 24.3. The third kappa shape index (κ3) is 5.91. The van der Waals surface area contributed by atoms with Crippen LogP contribution in [0.4, 0.5) is 16.0 Å². The molecule has 1 aromatic heterocycles. The largest absolute Gasteiger partial charge is 0.488 e.